The Hall–Kier alpha value is -0.610. The molecule has 0 aliphatic rings. The Morgan fingerprint density at radius 3 is 1.89 bits per heavy atom. The fourth-order valence-electron chi connectivity index (χ4n) is 0. The number of aliphatic carboxylic acids is 1. The topological polar surface area (TPSA) is 66.6 Å². The quantitative estimate of drug-likeness (QED) is 0.388. The molecule has 0 unspecified atom stereocenters. The van der Waals surface area contributed by atoms with Crippen molar-refractivity contribution in [3.63, 3.8) is 0 Å². The highest BCUT2D eigenvalue weighted by atomic mass is 16.4. The second-order valence-electron chi connectivity index (χ2n) is 1.59. The van der Waals surface area contributed by atoms with Gasteiger partial charge in [0.2, 0.25) is 0 Å². The van der Waals surface area contributed by atoms with Gasteiger partial charge in [0.1, 0.15) is 0 Å². The summed E-state index contributed by atoms with van der Waals surface area (Å²) in [6, 6.07) is 0. The molecule has 0 fully saturated rings. The number of rotatable bonds is 1. The second kappa shape index (κ2) is 7.39. The minimum Gasteiger partial charge on any atom is -0.481 e. The van der Waals surface area contributed by atoms with Gasteiger partial charge < -0.3 is 5.11 Å². The van der Waals surface area contributed by atoms with Gasteiger partial charge in [-0.1, -0.05) is 6.92 Å². The van der Waals surface area contributed by atoms with Gasteiger partial charge in [0, 0.05) is 20.5 Å². The molecule has 0 aliphatic heterocycles. The zero-order valence-corrected chi connectivity index (χ0v) is 6.09. The lowest BCUT2D eigenvalue weighted by Gasteiger charge is -2.00. The van der Waals surface area contributed by atoms with E-state index in [1.54, 1.807) is 5.01 Å². The normalized spacial score (nSPS) is 8.11. The molecule has 0 atom stereocenters. The van der Waals surface area contributed by atoms with Crippen molar-refractivity contribution in [3.05, 3.63) is 0 Å². The summed E-state index contributed by atoms with van der Waals surface area (Å²) < 4.78 is 0. The van der Waals surface area contributed by atoms with Crippen LogP contribution >= 0.6 is 0 Å². The summed E-state index contributed by atoms with van der Waals surface area (Å²) in [5.41, 5.74) is 0. The molecule has 3 N–H and O–H groups in total. The Morgan fingerprint density at radius 2 is 1.89 bits per heavy atom. The maximum Gasteiger partial charge on any atom is 0.300 e. The molecule has 9 heavy (non-hydrogen) atoms. The van der Waals surface area contributed by atoms with Crippen LogP contribution in [0.25, 0.3) is 0 Å². The second-order valence-corrected chi connectivity index (χ2v) is 1.59. The molecule has 0 aromatic carbocycles. The van der Waals surface area contributed by atoms with Gasteiger partial charge in [-0.25, -0.2) is 0 Å². The van der Waals surface area contributed by atoms with Crippen LogP contribution in [0.15, 0.2) is 0 Å². The fraction of sp³-hybridized carbons (Fsp3) is 0.800. The molecule has 0 aromatic heterocycles. The summed E-state index contributed by atoms with van der Waals surface area (Å²) in [5, 5.41) is 9.04. The third kappa shape index (κ3) is 111. The molecule has 0 radical (unpaired) electrons. The molecule has 56 valence electrons. The minimum atomic E-state index is -0.833. The van der Waals surface area contributed by atoms with Crippen molar-refractivity contribution in [2.45, 2.75) is 13.8 Å². The smallest absolute Gasteiger partial charge is 0.300 e. The molecule has 4 nitrogen and oxygen atoms in total. The van der Waals surface area contributed by atoms with Crippen LogP contribution in [-0.4, -0.2) is 29.7 Å². The number of nitrogens with zero attached hydrogens (tertiary/aromatic N) is 1. The fourth-order valence-corrected chi connectivity index (χ4v) is 0. The van der Waals surface area contributed by atoms with E-state index in [1.807, 2.05) is 14.0 Å². The van der Waals surface area contributed by atoms with Gasteiger partial charge in [0.15, 0.2) is 0 Å². The summed E-state index contributed by atoms with van der Waals surface area (Å²) in [6.07, 6.45) is 0. The monoisotopic (exact) mass is 134 g/mol. The van der Waals surface area contributed by atoms with Crippen LogP contribution in [0.4, 0.5) is 0 Å². The highest BCUT2D eigenvalue weighted by molar-refractivity contribution is 5.62. The van der Waals surface area contributed by atoms with Gasteiger partial charge in [-0.15, -0.1) is 0 Å². The van der Waals surface area contributed by atoms with Crippen LogP contribution in [0, 0.1) is 0 Å². The summed E-state index contributed by atoms with van der Waals surface area (Å²) in [6.45, 7) is 4.00. The Balaban J connectivity index is 0. The lowest BCUT2D eigenvalue weighted by Crippen LogP contribution is -2.24. The van der Waals surface area contributed by atoms with Gasteiger partial charge in [-0.05, 0) is 0 Å². The van der Waals surface area contributed by atoms with Crippen LogP contribution in [-0.2, 0) is 4.79 Å². The molecule has 0 amide bonds. The summed E-state index contributed by atoms with van der Waals surface area (Å²) in [7, 11) is 1.83. The average molecular weight is 134 g/mol. The Bertz CT molecular complexity index is 69.4. The van der Waals surface area contributed by atoms with E-state index in [4.69, 9.17) is 15.7 Å². The zero-order valence-electron chi connectivity index (χ0n) is 6.09. The predicted molar refractivity (Wildman–Crippen MR) is 35.8 cm³/mol. The standard InChI is InChI=1S/C3H10N2.C2H4O2/c1-3-5(2)4;1-2(3)4/h3-4H2,1-2H3;1H3,(H,3,4). The molecule has 0 rings (SSSR count). The molecule has 0 heterocycles. The van der Waals surface area contributed by atoms with Gasteiger partial charge >= 0.3 is 0 Å². The van der Waals surface area contributed by atoms with Gasteiger partial charge in [0.25, 0.3) is 5.97 Å². The van der Waals surface area contributed by atoms with Gasteiger partial charge in [0.05, 0.1) is 0 Å². The maximum atomic E-state index is 9.00. The van der Waals surface area contributed by atoms with Gasteiger partial charge in [-0.3, -0.25) is 15.6 Å². The SMILES string of the molecule is CC(=O)O.CCN(C)N. The Kier molecular flexibility index (Phi) is 9.21. The van der Waals surface area contributed by atoms with E-state index in [1.165, 1.54) is 0 Å². The Morgan fingerprint density at radius 1 is 1.78 bits per heavy atom. The molecule has 0 aliphatic carbocycles. The van der Waals surface area contributed by atoms with Crippen LogP contribution in [0.2, 0.25) is 0 Å². The first kappa shape index (κ1) is 11.2. The van der Waals surface area contributed by atoms with Crippen molar-refractivity contribution in [1.82, 2.24) is 5.01 Å². The zero-order chi connectivity index (χ0) is 7.86. The molecule has 4 heteroatoms. The summed E-state index contributed by atoms with van der Waals surface area (Å²) in [4.78, 5) is 9.00. The number of hydrogen-bond donors (Lipinski definition) is 2. The Labute approximate surface area is 55.2 Å². The summed E-state index contributed by atoms with van der Waals surface area (Å²) in [5.74, 6) is 4.29. The van der Waals surface area contributed by atoms with Crippen molar-refractivity contribution < 1.29 is 9.90 Å². The number of hydrazine groups is 1. The predicted octanol–water partition coefficient (Wildman–Crippen LogP) is -0.0973. The highest BCUT2D eigenvalue weighted by Crippen LogP contribution is 1.57. The number of nitrogens with two attached hydrogens (primary N) is 1. The van der Waals surface area contributed by atoms with E-state index in [0.717, 1.165) is 13.5 Å². The molecule has 0 saturated carbocycles. The van der Waals surface area contributed by atoms with Crippen molar-refractivity contribution >= 4 is 5.97 Å². The molecular weight excluding hydrogens is 120 g/mol. The van der Waals surface area contributed by atoms with Crippen molar-refractivity contribution in [3.8, 4) is 0 Å². The molecular formula is C5H14N2O2. The lowest BCUT2D eigenvalue weighted by molar-refractivity contribution is -0.134. The first-order valence-corrected chi connectivity index (χ1v) is 2.66. The molecule has 0 aromatic rings. The third-order valence-corrected chi connectivity index (χ3v) is 0.499. The largest absolute Gasteiger partial charge is 0.481 e. The summed E-state index contributed by atoms with van der Waals surface area (Å²) >= 11 is 0. The van der Waals surface area contributed by atoms with E-state index in [2.05, 4.69) is 0 Å². The average Bonchev–Trinajstić information content (AvgIpc) is 1.65. The van der Waals surface area contributed by atoms with E-state index in [-0.39, 0.29) is 0 Å². The van der Waals surface area contributed by atoms with E-state index < -0.39 is 5.97 Å². The number of carboxylic acid groups (broad SMARTS) is 1. The van der Waals surface area contributed by atoms with Crippen molar-refractivity contribution in [2.24, 2.45) is 5.84 Å². The maximum absolute atomic E-state index is 9.00. The molecule has 0 saturated heterocycles. The first-order valence-electron chi connectivity index (χ1n) is 2.66. The molecule has 0 bridgehead atoms. The third-order valence-electron chi connectivity index (χ3n) is 0.499. The number of carboxylic acids is 1. The minimum absolute atomic E-state index is 0.833. The molecule has 0 spiro atoms. The first-order chi connectivity index (χ1) is 4.00. The van der Waals surface area contributed by atoms with E-state index >= 15 is 0 Å². The van der Waals surface area contributed by atoms with Crippen LogP contribution in [0.3, 0.4) is 0 Å². The van der Waals surface area contributed by atoms with Gasteiger partial charge in [-0.2, -0.15) is 0 Å². The van der Waals surface area contributed by atoms with Crippen LogP contribution in [0.5, 0.6) is 0 Å². The highest BCUT2D eigenvalue weighted by Gasteiger charge is 1.72. The van der Waals surface area contributed by atoms with E-state index in [0.29, 0.717) is 0 Å². The number of hydrogen-bond acceptors (Lipinski definition) is 3. The van der Waals surface area contributed by atoms with Crippen molar-refractivity contribution in [1.29, 1.82) is 0 Å². The lowest BCUT2D eigenvalue weighted by atomic mass is 10.8. The van der Waals surface area contributed by atoms with Crippen LogP contribution in [0.1, 0.15) is 13.8 Å². The van der Waals surface area contributed by atoms with Crippen molar-refractivity contribution in [2.75, 3.05) is 13.6 Å². The number of carbonyl (C=O) groups is 1. The van der Waals surface area contributed by atoms with E-state index in [9.17, 15) is 0 Å². The van der Waals surface area contributed by atoms with Crippen LogP contribution < -0.4 is 5.84 Å².